The number of amides is 2. The second-order valence-corrected chi connectivity index (χ2v) is 4.00. The highest BCUT2D eigenvalue weighted by atomic mass is 35.5. The fourth-order valence-corrected chi connectivity index (χ4v) is 2.09. The first-order valence-corrected chi connectivity index (χ1v) is 5.51. The summed E-state index contributed by atoms with van der Waals surface area (Å²) in [5.74, 6) is 0. The zero-order valence-corrected chi connectivity index (χ0v) is 10.3. The first-order valence-electron chi connectivity index (χ1n) is 4.70. The third kappa shape index (κ3) is 2.84. The topological polar surface area (TPSA) is 54.0 Å². The molecule has 0 atom stereocenters. The first kappa shape index (κ1) is 12.7. The van der Waals surface area contributed by atoms with Gasteiger partial charge in [0.2, 0.25) is 0 Å². The third-order valence-corrected chi connectivity index (χ3v) is 2.80. The summed E-state index contributed by atoms with van der Waals surface area (Å²) in [6.07, 6.45) is 0. The summed E-state index contributed by atoms with van der Waals surface area (Å²) < 4.78 is 1.07. The van der Waals surface area contributed by atoms with Gasteiger partial charge >= 0.3 is 6.03 Å². The van der Waals surface area contributed by atoms with Gasteiger partial charge in [0, 0.05) is 6.54 Å². The monoisotopic (exact) mass is 257 g/mol. The fraction of sp³-hybridized carbons (Fsp3) is 0.200. The molecule has 4 nitrogen and oxygen atoms in total. The molecule has 0 radical (unpaired) electrons. The SMILES string of the molecule is CCNC(=O)Nc1nc2ccccc2s1.Cl. The van der Waals surface area contributed by atoms with Crippen LogP contribution in [0.15, 0.2) is 24.3 Å². The van der Waals surface area contributed by atoms with Crippen LogP contribution in [-0.2, 0) is 0 Å². The van der Waals surface area contributed by atoms with E-state index in [2.05, 4.69) is 15.6 Å². The van der Waals surface area contributed by atoms with Crippen LogP contribution in [-0.4, -0.2) is 17.6 Å². The van der Waals surface area contributed by atoms with Gasteiger partial charge in [-0.25, -0.2) is 9.78 Å². The van der Waals surface area contributed by atoms with Crippen molar-refractivity contribution in [3.63, 3.8) is 0 Å². The van der Waals surface area contributed by atoms with E-state index in [4.69, 9.17) is 0 Å². The molecular weight excluding hydrogens is 246 g/mol. The number of anilines is 1. The van der Waals surface area contributed by atoms with E-state index in [1.807, 2.05) is 31.2 Å². The van der Waals surface area contributed by atoms with Crippen LogP contribution in [0, 0.1) is 0 Å². The number of benzene rings is 1. The van der Waals surface area contributed by atoms with Crippen molar-refractivity contribution in [2.75, 3.05) is 11.9 Å². The molecule has 0 spiro atoms. The molecule has 1 heterocycles. The Hall–Kier alpha value is -1.33. The Labute approximate surface area is 103 Å². The van der Waals surface area contributed by atoms with Crippen LogP contribution in [0.2, 0.25) is 0 Å². The smallest absolute Gasteiger partial charge is 0.321 e. The quantitative estimate of drug-likeness (QED) is 0.869. The van der Waals surface area contributed by atoms with Crippen LogP contribution in [0.5, 0.6) is 0 Å². The molecule has 2 rings (SSSR count). The van der Waals surface area contributed by atoms with Crippen molar-refractivity contribution in [1.82, 2.24) is 10.3 Å². The molecule has 2 N–H and O–H groups in total. The second kappa shape index (κ2) is 5.67. The highest BCUT2D eigenvalue weighted by molar-refractivity contribution is 7.22. The average molecular weight is 258 g/mol. The minimum atomic E-state index is -0.212. The number of para-hydroxylation sites is 1. The second-order valence-electron chi connectivity index (χ2n) is 2.97. The number of hydrogen-bond donors (Lipinski definition) is 2. The lowest BCUT2D eigenvalue weighted by molar-refractivity contribution is 0.252. The Morgan fingerprint density at radius 1 is 1.44 bits per heavy atom. The number of nitrogens with one attached hydrogen (secondary N) is 2. The minimum absolute atomic E-state index is 0. The summed E-state index contributed by atoms with van der Waals surface area (Å²) in [5.41, 5.74) is 0.911. The molecule has 2 aromatic rings. The average Bonchev–Trinajstić information content (AvgIpc) is 2.59. The van der Waals surface area contributed by atoms with Crippen molar-refractivity contribution in [2.45, 2.75) is 6.92 Å². The van der Waals surface area contributed by atoms with E-state index in [1.165, 1.54) is 11.3 Å². The highest BCUT2D eigenvalue weighted by Gasteiger charge is 2.05. The minimum Gasteiger partial charge on any atom is -0.338 e. The Balaban J connectivity index is 0.00000128. The van der Waals surface area contributed by atoms with Crippen molar-refractivity contribution >= 4 is 45.1 Å². The predicted molar refractivity (Wildman–Crippen MR) is 69.6 cm³/mol. The lowest BCUT2D eigenvalue weighted by atomic mass is 10.3. The Bertz CT molecular complexity index is 453. The highest BCUT2D eigenvalue weighted by Crippen LogP contribution is 2.24. The lowest BCUT2D eigenvalue weighted by Crippen LogP contribution is -2.28. The molecule has 0 fully saturated rings. The number of rotatable bonds is 2. The van der Waals surface area contributed by atoms with E-state index in [9.17, 15) is 4.79 Å². The summed E-state index contributed by atoms with van der Waals surface area (Å²) >= 11 is 1.47. The van der Waals surface area contributed by atoms with Gasteiger partial charge in [0.15, 0.2) is 5.13 Å². The van der Waals surface area contributed by atoms with E-state index >= 15 is 0 Å². The fourth-order valence-electron chi connectivity index (χ4n) is 1.23. The van der Waals surface area contributed by atoms with E-state index in [0.717, 1.165) is 10.2 Å². The van der Waals surface area contributed by atoms with E-state index < -0.39 is 0 Å². The van der Waals surface area contributed by atoms with E-state index in [1.54, 1.807) is 0 Å². The number of urea groups is 1. The standard InChI is InChI=1S/C10H11N3OS.ClH/c1-2-11-9(14)13-10-12-7-5-3-4-6-8(7)15-10;/h3-6H,2H2,1H3,(H2,11,12,13,14);1H. The molecule has 0 aliphatic rings. The molecule has 0 saturated carbocycles. The van der Waals surface area contributed by atoms with Gasteiger partial charge in [-0.15, -0.1) is 12.4 Å². The molecule has 0 bridgehead atoms. The lowest BCUT2D eigenvalue weighted by Gasteiger charge is -2.00. The zero-order valence-electron chi connectivity index (χ0n) is 8.69. The Kier molecular flexibility index (Phi) is 4.52. The van der Waals surface area contributed by atoms with Crippen molar-refractivity contribution in [3.05, 3.63) is 24.3 Å². The summed E-state index contributed by atoms with van der Waals surface area (Å²) in [4.78, 5) is 15.5. The normalized spacial score (nSPS) is 9.56. The van der Waals surface area contributed by atoms with Gasteiger partial charge in [0.05, 0.1) is 10.2 Å². The largest absolute Gasteiger partial charge is 0.338 e. The van der Waals surface area contributed by atoms with Gasteiger partial charge in [0.25, 0.3) is 0 Å². The van der Waals surface area contributed by atoms with Crippen molar-refractivity contribution in [3.8, 4) is 0 Å². The zero-order chi connectivity index (χ0) is 10.7. The number of carbonyl (C=O) groups is 1. The predicted octanol–water partition coefficient (Wildman–Crippen LogP) is 2.86. The van der Waals surface area contributed by atoms with E-state index in [-0.39, 0.29) is 18.4 Å². The summed E-state index contributed by atoms with van der Waals surface area (Å²) in [6.45, 7) is 2.48. The van der Waals surface area contributed by atoms with Crippen LogP contribution in [0.1, 0.15) is 6.92 Å². The molecule has 0 unspecified atom stereocenters. The molecule has 6 heteroatoms. The van der Waals surface area contributed by atoms with Crippen LogP contribution in [0.25, 0.3) is 10.2 Å². The number of nitrogens with zero attached hydrogens (tertiary/aromatic N) is 1. The van der Waals surface area contributed by atoms with Gasteiger partial charge in [0.1, 0.15) is 0 Å². The van der Waals surface area contributed by atoms with Gasteiger partial charge < -0.3 is 5.32 Å². The number of carbonyl (C=O) groups excluding carboxylic acids is 1. The molecule has 0 saturated heterocycles. The number of halogens is 1. The molecule has 2 amide bonds. The number of thiazole rings is 1. The van der Waals surface area contributed by atoms with Crippen molar-refractivity contribution < 1.29 is 4.79 Å². The van der Waals surface area contributed by atoms with Crippen molar-refractivity contribution in [1.29, 1.82) is 0 Å². The number of hydrogen-bond acceptors (Lipinski definition) is 3. The molecule has 1 aromatic heterocycles. The first-order chi connectivity index (χ1) is 7.29. The molecule has 0 aliphatic carbocycles. The van der Waals surface area contributed by atoms with Gasteiger partial charge in [-0.1, -0.05) is 23.5 Å². The maximum absolute atomic E-state index is 11.2. The molecule has 0 aliphatic heterocycles. The molecule has 16 heavy (non-hydrogen) atoms. The summed E-state index contributed by atoms with van der Waals surface area (Å²) in [7, 11) is 0. The molecule has 86 valence electrons. The number of fused-ring (bicyclic) bond motifs is 1. The Morgan fingerprint density at radius 3 is 2.88 bits per heavy atom. The number of aromatic nitrogens is 1. The van der Waals surface area contributed by atoms with Crippen LogP contribution < -0.4 is 10.6 Å². The van der Waals surface area contributed by atoms with Crippen LogP contribution in [0.4, 0.5) is 9.93 Å². The van der Waals surface area contributed by atoms with Gasteiger partial charge in [-0.05, 0) is 19.1 Å². The Morgan fingerprint density at radius 2 is 2.19 bits per heavy atom. The summed E-state index contributed by atoms with van der Waals surface area (Å²) in [5, 5.41) is 5.97. The summed E-state index contributed by atoms with van der Waals surface area (Å²) in [6, 6.07) is 7.58. The van der Waals surface area contributed by atoms with Crippen LogP contribution in [0.3, 0.4) is 0 Å². The third-order valence-electron chi connectivity index (χ3n) is 1.85. The van der Waals surface area contributed by atoms with Gasteiger partial charge in [-0.3, -0.25) is 5.32 Å². The molecular formula is C10H12ClN3OS. The maximum Gasteiger partial charge on any atom is 0.321 e. The molecule has 1 aromatic carbocycles. The van der Waals surface area contributed by atoms with Crippen molar-refractivity contribution in [2.24, 2.45) is 0 Å². The van der Waals surface area contributed by atoms with Gasteiger partial charge in [-0.2, -0.15) is 0 Å². The maximum atomic E-state index is 11.2. The van der Waals surface area contributed by atoms with E-state index in [0.29, 0.717) is 11.7 Å². The van der Waals surface area contributed by atoms with Crippen LogP contribution >= 0.6 is 23.7 Å².